The summed E-state index contributed by atoms with van der Waals surface area (Å²) in [4.78, 5) is 5.44. The van der Waals surface area contributed by atoms with Gasteiger partial charge in [-0.2, -0.15) is 13.2 Å². The van der Waals surface area contributed by atoms with Crippen molar-refractivity contribution in [3.8, 4) is 0 Å². The van der Waals surface area contributed by atoms with Gasteiger partial charge in [0.05, 0.1) is 11.6 Å². The molecule has 174 valence electrons. The van der Waals surface area contributed by atoms with Gasteiger partial charge in [0.2, 0.25) is 11.8 Å². The highest BCUT2D eigenvalue weighted by atomic mass is 35.5. The lowest BCUT2D eigenvalue weighted by molar-refractivity contribution is -0.139. The highest BCUT2D eigenvalue weighted by Crippen LogP contribution is 2.39. The van der Waals surface area contributed by atoms with E-state index in [9.17, 15) is 13.2 Å². The molecule has 1 aliphatic carbocycles. The van der Waals surface area contributed by atoms with Crippen molar-refractivity contribution in [2.24, 2.45) is 0 Å². The summed E-state index contributed by atoms with van der Waals surface area (Å²) in [5, 5.41) is 8.23. The molecular formula is C24H23ClF3N3O2. The Bertz CT molecular complexity index is 1140. The molecule has 1 N–H and O–H groups in total. The van der Waals surface area contributed by atoms with E-state index in [0.29, 0.717) is 34.5 Å². The van der Waals surface area contributed by atoms with Gasteiger partial charge >= 0.3 is 6.18 Å². The van der Waals surface area contributed by atoms with Crippen LogP contribution in [0.25, 0.3) is 6.08 Å². The lowest BCUT2D eigenvalue weighted by Crippen LogP contribution is -2.19. The summed E-state index contributed by atoms with van der Waals surface area (Å²) in [5.74, 6) is -0.352. The second-order valence-electron chi connectivity index (χ2n) is 8.21. The van der Waals surface area contributed by atoms with Gasteiger partial charge in [0, 0.05) is 10.9 Å². The van der Waals surface area contributed by atoms with Gasteiger partial charge in [-0.3, -0.25) is 10.3 Å². The maximum absolute atomic E-state index is 13.7. The fourth-order valence-corrected chi connectivity index (χ4v) is 3.76. The molecule has 33 heavy (non-hydrogen) atoms. The number of rotatable bonds is 8. The number of hydrogen-bond acceptors (Lipinski definition) is 5. The molecule has 1 unspecified atom stereocenters. The predicted molar refractivity (Wildman–Crippen MR) is 120 cm³/mol. The monoisotopic (exact) mass is 477 g/mol. The average Bonchev–Trinajstić information content (AvgIpc) is 3.46. The molecule has 5 nitrogen and oxygen atoms in total. The molecule has 1 fully saturated rings. The summed E-state index contributed by atoms with van der Waals surface area (Å²) >= 11 is 5.97. The second-order valence-corrected chi connectivity index (χ2v) is 8.65. The first kappa shape index (κ1) is 23.3. The van der Waals surface area contributed by atoms with Crippen molar-refractivity contribution in [2.45, 2.75) is 51.3 Å². The molecular weight excluding hydrogens is 455 g/mol. The molecule has 1 heterocycles. The first-order valence-corrected chi connectivity index (χ1v) is 10.9. The summed E-state index contributed by atoms with van der Waals surface area (Å²) in [5.41, 5.74) is 5.74. The fourth-order valence-electron chi connectivity index (χ4n) is 3.46. The zero-order valence-electron chi connectivity index (χ0n) is 18.1. The molecule has 0 bridgehead atoms. The van der Waals surface area contributed by atoms with Crippen LogP contribution in [0.3, 0.4) is 0 Å². The predicted octanol–water partition coefficient (Wildman–Crippen LogP) is 7.12. The second kappa shape index (κ2) is 9.57. The summed E-state index contributed by atoms with van der Waals surface area (Å²) in [7, 11) is 0. The standard InChI is InChI=1S/C24H23ClF3N3O2/c1-14-9-18(12-19(25)10-14)20(24(26,27)28)7-3-16-4-8-21(15(2)11-16)31-32-13-22-29-30-23(33-22)17-5-6-17/h3-4,7-12,17,20,31H,5-6,13H2,1-2H3/b7-3+. The van der Waals surface area contributed by atoms with Crippen LogP contribution >= 0.6 is 11.6 Å². The minimum atomic E-state index is -4.44. The lowest BCUT2D eigenvalue weighted by atomic mass is 9.95. The fraction of sp³-hybridized carbons (Fsp3) is 0.333. The van der Waals surface area contributed by atoms with Crippen molar-refractivity contribution in [1.82, 2.24) is 10.2 Å². The Morgan fingerprint density at radius 1 is 1.18 bits per heavy atom. The Morgan fingerprint density at radius 2 is 1.97 bits per heavy atom. The van der Waals surface area contributed by atoms with Crippen LogP contribution in [0, 0.1) is 13.8 Å². The van der Waals surface area contributed by atoms with Gasteiger partial charge < -0.3 is 4.42 Å². The van der Waals surface area contributed by atoms with Crippen LogP contribution < -0.4 is 5.48 Å². The van der Waals surface area contributed by atoms with Gasteiger partial charge in [0.25, 0.3) is 0 Å². The maximum atomic E-state index is 13.7. The molecule has 1 aliphatic rings. The van der Waals surface area contributed by atoms with Crippen LogP contribution in [0.15, 0.2) is 46.9 Å². The Balaban J connectivity index is 1.41. The zero-order valence-corrected chi connectivity index (χ0v) is 18.9. The third kappa shape index (κ3) is 6.15. The molecule has 0 aliphatic heterocycles. The van der Waals surface area contributed by atoms with Crippen molar-refractivity contribution >= 4 is 23.4 Å². The van der Waals surface area contributed by atoms with Crippen LogP contribution in [-0.4, -0.2) is 16.4 Å². The molecule has 9 heteroatoms. The molecule has 0 spiro atoms. The molecule has 0 radical (unpaired) electrons. The molecule has 1 atom stereocenters. The smallest absolute Gasteiger partial charge is 0.399 e. The van der Waals surface area contributed by atoms with E-state index >= 15 is 0 Å². The molecule has 0 amide bonds. The third-order valence-corrected chi connectivity index (χ3v) is 5.51. The van der Waals surface area contributed by atoms with E-state index < -0.39 is 12.1 Å². The number of nitrogens with zero attached hydrogens (tertiary/aromatic N) is 2. The Kier molecular flexibility index (Phi) is 6.76. The summed E-state index contributed by atoms with van der Waals surface area (Å²) in [6.45, 7) is 3.66. The highest BCUT2D eigenvalue weighted by Gasteiger charge is 2.39. The van der Waals surface area contributed by atoms with Crippen molar-refractivity contribution in [3.63, 3.8) is 0 Å². The molecule has 1 saturated carbocycles. The highest BCUT2D eigenvalue weighted by molar-refractivity contribution is 6.30. The zero-order chi connectivity index (χ0) is 23.6. The van der Waals surface area contributed by atoms with Crippen molar-refractivity contribution in [3.05, 3.63) is 81.5 Å². The molecule has 3 aromatic rings. The van der Waals surface area contributed by atoms with Gasteiger partial charge in [0.15, 0.2) is 6.61 Å². The normalized spacial score (nSPS) is 15.2. The first-order chi connectivity index (χ1) is 15.7. The van der Waals surface area contributed by atoms with Gasteiger partial charge in [-0.05, 0) is 73.2 Å². The molecule has 2 aromatic carbocycles. The summed E-state index contributed by atoms with van der Waals surface area (Å²) in [6, 6.07) is 9.71. The van der Waals surface area contributed by atoms with E-state index in [1.165, 1.54) is 18.2 Å². The Hall–Kier alpha value is -2.84. The van der Waals surface area contributed by atoms with E-state index in [0.717, 1.165) is 24.5 Å². The number of aromatic nitrogens is 2. The van der Waals surface area contributed by atoms with Crippen LogP contribution in [0.2, 0.25) is 5.02 Å². The van der Waals surface area contributed by atoms with E-state index in [1.54, 1.807) is 31.2 Å². The number of anilines is 1. The third-order valence-electron chi connectivity index (χ3n) is 5.29. The number of hydrogen-bond donors (Lipinski definition) is 1. The van der Waals surface area contributed by atoms with E-state index in [-0.39, 0.29) is 17.2 Å². The van der Waals surface area contributed by atoms with Crippen LogP contribution in [0.1, 0.15) is 58.7 Å². The van der Waals surface area contributed by atoms with Gasteiger partial charge in [-0.1, -0.05) is 35.9 Å². The summed E-state index contributed by atoms with van der Waals surface area (Å²) in [6.07, 6.45) is 0.318. The minimum absolute atomic E-state index is 0.104. The van der Waals surface area contributed by atoms with Crippen LogP contribution in [0.4, 0.5) is 18.9 Å². The Morgan fingerprint density at radius 3 is 2.64 bits per heavy atom. The topological polar surface area (TPSA) is 60.2 Å². The van der Waals surface area contributed by atoms with Gasteiger partial charge in [-0.15, -0.1) is 10.2 Å². The molecule has 4 rings (SSSR count). The number of allylic oxidation sites excluding steroid dienone is 1. The maximum Gasteiger partial charge on any atom is 0.399 e. The van der Waals surface area contributed by atoms with Crippen LogP contribution in [-0.2, 0) is 11.4 Å². The quantitative estimate of drug-likeness (QED) is 0.350. The molecule has 1 aromatic heterocycles. The number of nitrogens with one attached hydrogen (secondary N) is 1. The van der Waals surface area contributed by atoms with E-state index in [1.807, 2.05) is 6.92 Å². The number of alkyl halides is 3. The van der Waals surface area contributed by atoms with E-state index in [4.69, 9.17) is 20.9 Å². The van der Waals surface area contributed by atoms with Crippen molar-refractivity contribution < 1.29 is 22.4 Å². The van der Waals surface area contributed by atoms with Crippen molar-refractivity contribution in [1.29, 1.82) is 0 Å². The summed E-state index contributed by atoms with van der Waals surface area (Å²) < 4.78 is 46.6. The number of aryl methyl sites for hydroxylation is 2. The largest absolute Gasteiger partial charge is 0.422 e. The van der Waals surface area contributed by atoms with Crippen molar-refractivity contribution in [2.75, 3.05) is 5.48 Å². The molecule has 0 saturated heterocycles. The van der Waals surface area contributed by atoms with Crippen LogP contribution in [0.5, 0.6) is 0 Å². The number of benzene rings is 2. The SMILES string of the molecule is Cc1cc(Cl)cc(C(/C=C/c2ccc(NOCc3nnc(C4CC4)o3)c(C)c2)C(F)(F)F)c1. The average molecular weight is 478 g/mol. The minimum Gasteiger partial charge on any atom is -0.422 e. The van der Waals surface area contributed by atoms with Gasteiger partial charge in [0.1, 0.15) is 0 Å². The Labute approximate surface area is 194 Å². The number of halogens is 4. The lowest BCUT2D eigenvalue weighted by Gasteiger charge is -2.18. The first-order valence-electron chi connectivity index (χ1n) is 10.5. The van der Waals surface area contributed by atoms with Gasteiger partial charge in [-0.25, -0.2) is 0 Å². The van der Waals surface area contributed by atoms with E-state index in [2.05, 4.69) is 15.7 Å².